The summed E-state index contributed by atoms with van der Waals surface area (Å²) in [6, 6.07) is 4.15. The fourth-order valence-electron chi connectivity index (χ4n) is 2.56. The van der Waals surface area contributed by atoms with Crippen LogP contribution in [0.4, 0.5) is 13.2 Å². The predicted molar refractivity (Wildman–Crippen MR) is 80.6 cm³/mol. The van der Waals surface area contributed by atoms with Crippen LogP contribution in [0, 0.1) is 0 Å². The molecule has 0 aliphatic carbocycles. The van der Waals surface area contributed by atoms with Gasteiger partial charge in [-0.25, -0.2) is 0 Å². The molecule has 0 saturated carbocycles. The van der Waals surface area contributed by atoms with Crippen molar-refractivity contribution < 1.29 is 27.4 Å². The number of aromatic amines is 1. The summed E-state index contributed by atoms with van der Waals surface area (Å²) < 4.78 is 48.3. The summed E-state index contributed by atoms with van der Waals surface area (Å²) in [4.78, 5) is 13.9. The number of amides is 1. The lowest BCUT2D eigenvalue weighted by Gasteiger charge is -2.33. The quantitative estimate of drug-likeness (QED) is 0.853. The molecule has 1 atom stereocenters. The van der Waals surface area contributed by atoms with E-state index in [0.717, 1.165) is 12.1 Å². The van der Waals surface area contributed by atoms with E-state index in [4.69, 9.17) is 9.47 Å². The molecule has 1 aliphatic heterocycles. The Bertz CT molecular complexity index is 721. The summed E-state index contributed by atoms with van der Waals surface area (Å²) in [5.74, 6) is 0.0656. The molecule has 0 bridgehead atoms. The zero-order chi connectivity index (χ0) is 18.6. The van der Waals surface area contributed by atoms with Gasteiger partial charge < -0.3 is 14.4 Å². The Labute approximate surface area is 146 Å². The molecular formula is C15H16F3N5O3. The average molecular weight is 371 g/mol. The van der Waals surface area contributed by atoms with E-state index in [-0.39, 0.29) is 25.7 Å². The number of tetrazole rings is 1. The first-order valence-corrected chi connectivity index (χ1v) is 7.79. The highest BCUT2D eigenvalue weighted by molar-refractivity contribution is 5.78. The second kappa shape index (κ2) is 7.79. The molecule has 0 spiro atoms. The van der Waals surface area contributed by atoms with Crippen molar-refractivity contribution in [3.05, 3.63) is 41.2 Å². The second-order valence-corrected chi connectivity index (χ2v) is 5.64. The van der Waals surface area contributed by atoms with E-state index >= 15 is 0 Å². The van der Waals surface area contributed by atoms with E-state index in [9.17, 15) is 18.0 Å². The number of alkyl halides is 3. The molecule has 1 aliphatic rings. The molecule has 1 N–H and O–H groups in total. The highest BCUT2D eigenvalue weighted by Gasteiger charge is 2.32. The van der Waals surface area contributed by atoms with Crippen LogP contribution in [0.1, 0.15) is 23.0 Å². The predicted octanol–water partition coefficient (Wildman–Crippen LogP) is 1.34. The number of hydrogen-bond donors (Lipinski definition) is 1. The maximum absolute atomic E-state index is 12.5. The average Bonchev–Trinajstić information content (AvgIpc) is 3.16. The first kappa shape index (κ1) is 18.3. The van der Waals surface area contributed by atoms with Gasteiger partial charge in [-0.05, 0) is 17.7 Å². The normalized spacial score (nSPS) is 18.1. The summed E-state index contributed by atoms with van der Waals surface area (Å²) in [6.07, 6.45) is -4.38. The number of nitrogens with one attached hydrogen (secondary N) is 1. The van der Waals surface area contributed by atoms with Gasteiger partial charge >= 0.3 is 6.18 Å². The van der Waals surface area contributed by atoms with Crippen molar-refractivity contribution in [3.63, 3.8) is 0 Å². The number of hydrogen-bond acceptors (Lipinski definition) is 6. The van der Waals surface area contributed by atoms with Crippen molar-refractivity contribution in [2.75, 3.05) is 26.4 Å². The third-order valence-electron chi connectivity index (χ3n) is 3.88. The van der Waals surface area contributed by atoms with Crippen LogP contribution in [0.3, 0.4) is 0 Å². The maximum atomic E-state index is 12.5. The second-order valence-electron chi connectivity index (χ2n) is 5.64. The van der Waals surface area contributed by atoms with Gasteiger partial charge in [-0.15, -0.1) is 10.2 Å². The lowest BCUT2D eigenvalue weighted by molar-refractivity contribution is -0.145. The van der Waals surface area contributed by atoms with Crippen molar-refractivity contribution in [1.82, 2.24) is 25.5 Å². The summed E-state index contributed by atoms with van der Waals surface area (Å²) in [5, 5.41) is 13.6. The van der Waals surface area contributed by atoms with Crippen molar-refractivity contribution in [3.8, 4) is 0 Å². The summed E-state index contributed by atoms with van der Waals surface area (Å²) in [6.45, 7) is 0.821. The van der Waals surface area contributed by atoms with E-state index in [1.54, 1.807) is 4.90 Å². The lowest BCUT2D eigenvalue weighted by atomic mass is 10.1. The molecule has 3 rings (SSSR count). The third-order valence-corrected chi connectivity index (χ3v) is 3.88. The van der Waals surface area contributed by atoms with Gasteiger partial charge in [0, 0.05) is 6.54 Å². The summed E-state index contributed by atoms with van der Waals surface area (Å²) in [5.41, 5.74) is -0.184. The Hall–Kier alpha value is -2.53. The number of carbonyl (C=O) groups excluding carboxylic acids is 1. The van der Waals surface area contributed by atoms with Crippen LogP contribution < -0.4 is 0 Å². The molecule has 140 valence electrons. The first-order chi connectivity index (χ1) is 12.4. The van der Waals surface area contributed by atoms with Crippen molar-refractivity contribution in [2.24, 2.45) is 0 Å². The minimum Gasteiger partial charge on any atom is -0.377 e. The SMILES string of the molecule is O=C(COCc1ccc(C(F)(F)F)cc1)N1CCOCC1c1nn[nH]n1. The van der Waals surface area contributed by atoms with Crippen LogP contribution in [0.5, 0.6) is 0 Å². The van der Waals surface area contributed by atoms with Crippen LogP contribution in [0.15, 0.2) is 24.3 Å². The Morgan fingerprint density at radius 1 is 1.35 bits per heavy atom. The molecule has 11 heteroatoms. The van der Waals surface area contributed by atoms with Gasteiger partial charge in [0.1, 0.15) is 12.6 Å². The van der Waals surface area contributed by atoms with Gasteiger partial charge in [0.25, 0.3) is 0 Å². The van der Waals surface area contributed by atoms with Gasteiger partial charge in [0.2, 0.25) is 5.91 Å². The largest absolute Gasteiger partial charge is 0.416 e. The zero-order valence-corrected chi connectivity index (χ0v) is 13.6. The molecule has 0 radical (unpaired) electrons. The number of morpholine rings is 1. The Balaban J connectivity index is 1.53. The molecule has 8 nitrogen and oxygen atoms in total. The standard InChI is InChI=1S/C15H16F3N5O3/c16-15(17,18)11-3-1-10(2-4-11)7-26-9-13(24)23-5-6-25-8-12(23)14-19-21-22-20-14/h1-4,12H,5-9H2,(H,19,20,21,22). The number of aromatic nitrogens is 4. The lowest BCUT2D eigenvalue weighted by Crippen LogP contribution is -2.45. The Kier molecular flexibility index (Phi) is 5.47. The van der Waals surface area contributed by atoms with E-state index in [0.29, 0.717) is 24.5 Å². The minimum atomic E-state index is -4.38. The summed E-state index contributed by atoms with van der Waals surface area (Å²) in [7, 11) is 0. The van der Waals surface area contributed by atoms with Crippen molar-refractivity contribution in [1.29, 1.82) is 0 Å². The minimum absolute atomic E-state index is 0.0289. The molecule has 1 unspecified atom stereocenters. The number of halogens is 3. The maximum Gasteiger partial charge on any atom is 0.416 e. The van der Waals surface area contributed by atoms with Gasteiger partial charge in [-0.1, -0.05) is 17.3 Å². The van der Waals surface area contributed by atoms with E-state index in [2.05, 4.69) is 20.6 Å². The van der Waals surface area contributed by atoms with Crippen LogP contribution in [0.2, 0.25) is 0 Å². The molecule has 1 saturated heterocycles. The zero-order valence-electron chi connectivity index (χ0n) is 13.6. The molecule has 1 aromatic carbocycles. The van der Waals surface area contributed by atoms with E-state index < -0.39 is 17.8 Å². The highest BCUT2D eigenvalue weighted by Crippen LogP contribution is 2.29. The van der Waals surface area contributed by atoms with E-state index in [1.807, 2.05) is 0 Å². The number of H-pyrrole nitrogens is 1. The smallest absolute Gasteiger partial charge is 0.377 e. The number of benzene rings is 1. The molecule has 1 aromatic heterocycles. The first-order valence-electron chi connectivity index (χ1n) is 7.79. The summed E-state index contributed by atoms with van der Waals surface area (Å²) >= 11 is 0. The topological polar surface area (TPSA) is 93.2 Å². The van der Waals surface area contributed by atoms with Crippen LogP contribution in [-0.4, -0.2) is 57.8 Å². The van der Waals surface area contributed by atoms with Crippen molar-refractivity contribution in [2.45, 2.75) is 18.8 Å². The number of nitrogens with zero attached hydrogens (tertiary/aromatic N) is 4. The molecule has 1 fully saturated rings. The van der Waals surface area contributed by atoms with Crippen LogP contribution in [-0.2, 0) is 27.1 Å². The Morgan fingerprint density at radius 2 is 2.12 bits per heavy atom. The van der Waals surface area contributed by atoms with Gasteiger partial charge in [-0.2, -0.15) is 18.4 Å². The van der Waals surface area contributed by atoms with E-state index in [1.165, 1.54) is 12.1 Å². The third kappa shape index (κ3) is 4.35. The van der Waals surface area contributed by atoms with Gasteiger partial charge in [0.15, 0.2) is 5.82 Å². The molecule has 2 heterocycles. The van der Waals surface area contributed by atoms with Crippen LogP contribution >= 0.6 is 0 Å². The number of ether oxygens (including phenoxy) is 2. The van der Waals surface area contributed by atoms with Gasteiger partial charge in [-0.3, -0.25) is 4.79 Å². The van der Waals surface area contributed by atoms with Crippen LogP contribution in [0.25, 0.3) is 0 Å². The fraction of sp³-hybridized carbons (Fsp3) is 0.467. The fourth-order valence-corrected chi connectivity index (χ4v) is 2.56. The molecule has 26 heavy (non-hydrogen) atoms. The highest BCUT2D eigenvalue weighted by atomic mass is 19.4. The number of carbonyl (C=O) groups is 1. The van der Waals surface area contributed by atoms with Gasteiger partial charge in [0.05, 0.1) is 25.4 Å². The van der Waals surface area contributed by atoms with Crippen molar-refractivity contribution >= 4 is 5.91 Å². The molecular weight excluding hydrogens is 355 g/mol. The number of rotatable bonds is 5. The Morgan fingerprint density at radius 3 is 2.77 bits per heavy atom. The molecule has 2 aromatic rings. The molecule has 1 amide bonds. The monoisotopic (exact) mass is 371 g/mol.